The van der Waals surface area contributed by atoms with Crippen LogP contribution in [-0.4, -0.2) is 11.7 Å². The van der Waals surface area contributed by atoms with Crippen molar-refractivity contribution in [2.45, 2.75) is 32.8 Å². The summed E-state index contributed by atoms with van der Waals surface area (Å²) in [5, 5.41) is 9.29. The molecule has 2 nitrogen and oxygen atoms in total. The van der Waals surface area contributed by atoms with E-state index in [1.54, 1.807) is 0 Å². The summed E-state index contributed by atoms with van der Waals surface area (Å²) in [5.41, 5.74) is 0.311. The Hall–Kier alpha value is -1.16. The van der Waals surface area contributed by atoms with Crippen LogP contribution >= 0.6 is 0 Å². The summed E-state index contributed by atoms with van der Waals surface area (Å²) in [4.78, 5) is 0. The van der Waals surface area contributed by atoms with Crippen LogP contribution in [0.5, 0.6) is 5.75 Å². The van der Waals surface area contributed by atoms with Crippen LogP contribution in [0, 0.1) is 11.6 Å². The van der Waals surface area contributed by atoms with Gasteiger partial charge < -0.3 is 9.84 Å². The number of aliphatic hydroxyl groups excluding tert-OH is 1. The Balaban J connectivity index is 2.88. The third-order valence-corrected chi connectivity index (χ3v) is 2.26. The SMILES string of the molecule is CCCCOc1cc([C@H](C)O)cc(F)c1F. The Bertz CT molecular complexity index is 351. The molecule has 1 rings (SSSR count). The second-order valence-electron chi connectivity index (χ2n) is 3.69. The van der Waals surface area contributed by atoms with Gasteiger partial charge in [0.2, 0.25) is 5.82 Å². The van der Waals surface area contributed by atoms with Crippen molar-refractivity contribution in [1.82, 2.24) is 0 Å². The molecule has 0 aliphatic carbocycles. The first-order valence-corrected chi connectivity index (χ1v) is 5.36. The standard InChI is InChI=1S/C12H16F2O2/c1-3-4-5-16-11-7-9(8(2)15)6-10(13)12(11)14/h6-8,15H,3-5H2,1-2H3/t8-/m0/s1. The highest BCUT2D eigenvalue weighted by Crippen LogP contribution is 2.25. The van der Waals surface area contributed by atoms with Gasteiger partial charge in [0, 0.05) is 0 Å². The zero-order valence-corrected chi connectivity index (χ0v) is 9.46. The molecule has 0 saturated carbocycles. The molecule has 0 spiro atoms. The molecular weight excluding hydrogens is 214 g/mol. The van der Waals surface area contributed by atoms with Gasteiger partial charge in [0.15, 0.2) is 11.6 Å². The van der Waals surface area contributed by atoms with Crippen LogP contribution < -0.4 is 4.74 Å². The Morgan fingerprint density at radius 1 is 1.38 bits per heavy atom. The number of hydrogen-bond acceptors (Lipinski definition) is 2. The van der Waals surface area contributed by atoms with E-state index in [0.717, 1.165) is 18.9 Å². The van der Waals surface area contributed by atoms with Gasteiger partial charge in [0.1, 0.15) is 0 Å². The zero-order valence-electron chi connectivity index (χ0n) is 9.46. The highest BCUT2D eigenvalue weighted by atomic mass is 19.2. The van der Waals surface area contributed by atoms with Gasteiger partial charge >= 0.3 is 0 Å². The second-order valence-corrected chi connectivity index (χ2v) is 3.69. The summed E-state index contributed by atoms with van der Waals surface area (Å²) in [6.45, 7) is 3.81. The Kier molecular flexibility index (Phi) is 4.68. The highest BCUT2D eigenvalue weighted by Gasteiger charge is 2.14. The van der Waals surface area contributed by atoms with Gasteiger partial charge in [-0.25, -0.2) is 4.39 Å². The third-order valence-electron chi connectivity index (χ3n) is 2.26. The van der Waals surface area contributed by atoms with Crippen molar-refractivity contribution in [2.24, 2.45) is 0 Å². The van der Waals surface area contributed by atoms with Crippen LogP contribution in [0.1, 0.15) is 38.4 Å². The lowest BCUT2D eigenvalue weighted by Crippen LogP contribution is -2.03. The normalized spacial score (nSPS) is 12.6. The van der Waals surface area contributed by atoms with Crippen LogP contribution in [-0.2, 0) is 0 Å². The Labute approximate surface area is 93.9 Å². The van der Waals surface area contributed by atoms with Gasteiger partial charge in [-0.15, -0.1) is 0 Å². The van der Waals surface area contributed by atoms with Crippen LogP contribution in [0.4, 0.5) is 8.78 Å². The number of unbranched alkanes of at least 4 members (excludes halogenated alkanes) is 1. The molecule has 1 aromatic rings. The smallest absolute Gasteiger partial charge is 0.200 e. The van der Waals surface area contributed by atoms with E-state index >= 15 is 0 Å². The quantitative estimate of drug-likeness (QED) is 0.787. The van der Waals surface area contributed by atoms with Gasteiger partial charge in [-0.1, -0.05) is 13.3 Å². The summed E-state index contributed by atoms with van der Waals surface area (Å²) >= 11 is 0. The van der Waals surface area contributed by atoms with Crippen LogP contribution in [0.3, 0.4) is 0 Å². The van der Waals surface area contributed by atoms with E-state index in [1.807, 2.05) is 6.92 Å². The summed E-state index contributed by atoms with van der Waals surface area (Å²) in [6, 6.07) is 2.31. The van der Waals surface area contributed by atoms with Gasteiger partial charge in [-0.2, -0.15) is 4.39 Å². The lowest BCUT2D eigenvalue weighted by molar-refractivity contribution is 0.197. The molecule has 0 aliphatic rings. The molecule has 1 aromatic carbocycles. The molecule has 0 bridgehead atoms. The van der Waals surface area contributed by atoms with E-state index in [2.05, 4.69) is 0 Å². The average molecular weight is 230 g/mol. The van der Waals surface area contributed by atoms with Crippen LogP contribution in [0.2, 0.25) is 0 Å². The van der Waals surface area contributed by atoms with Crippen molar-refractivity contribution in [3.05, 3.63) is 29.3 Å². The molecule has 0 aromatic heterocycles. The molecule has 0 fully saturated rings. The van der Waals surface area contributed by atoms with Crippen LogP contribution in [0.25, 0.3) is 0 Å². The predicted molar refractivity (Wildman–Crippen MR) is 57.4 cm³/mol. The Morgan fingerprint density at radius 2 is 2.06 bits per heavy atom. The fraction of sp³-hybridized carbons (Fsp3) is 0.500. The van der Waals surface area contributed by atoms with Gasteiger partial charge in [0.25, 0.3) is 0 Å². The minimum Gasteiger partial charge on any atom is -0.490 e. The van der Waals surface area contributed by atoms with Crippen molar-refractivity contribution >= 4 is 0 Å². The van der Waals surface area contributed by atoms with Crippen molar-refractivity contribution in [1.29, 1.82) is 0 Å². The van der Waals surface area contributed by atoms with E-state index in [4.69, 9.17) is 4.74 Å². The maximum Gasteiger partial charge on any atom is 0.200 e. The van der Waals surface area contributed by atoms with E-state index in [-0.39, 0.29) is 5.75 Å². The largest absolute Gasteiger partial charge is 0.490 e. The summed E-state index contributed by atoms with van der Waals surface area (Å²) < 4.78 is 31.6. The first kappa shape index (κ1) is 12.9. The molecular formula is C12H16F2O2. The lowest BCUT2D eigenvalue weighted by atomic mass is 10.1. The second kappa shape index (κ2) is 5.80. The number of rotatable bonds is 5. The van der Waals surface area contributed by atoms with E-state index in [0.29, 0.717) is 12.2 Å². The first-order valence-electron chi connectivity index (χ1n) is 5.36. The molecule has 0 saturated heterocycles. The van der Waals surface area contributed by atoms with Crippen molar-refractivity contribution in [2.75, 3.05) is 6.61 Å². The number of ether oxygens (including phenoxy) is 1. The molecule has 1 N–H and O–H groups in total. The first-order chi connectivity index (χ1) is 7.56. The maximum absolute atomic E-state index is 13.3. The topological polar surface area (TPSA) is 29.5 Å². The van der Waals surface area contributed by atoms with Crippen molar-refractivity contribution < 1.29 is 18.6 Å². The van der Waals surface area contributed by atoms with Gasteiger partial charge in [-0.05, 0) is 31.0 Å². The van der Waals surface area contributed by atoms with Gasteiger partial charge in [0.05, 0.1) is 12.7 Å². The van der Waals surface area contributed by atoms with Crippen molar-refractivity contribution in [3.63, 3.8) is 0 Å². The lowest BCUT2D eigenvalue weighted by Gasteiger charge is -2.11. The molecule has 16 heavy (non-hydrogen) atoms. The highest BCUT2D eigenvalue weighted by molar-refractivity contribution is 5.32. The van der Waals surface area contributed by atoms with E-state index in [1.165, 1.54) is 13.0 Å². The summed E-state index contributed by atoms with van der Waals surface area (Å²) in [6.07, 6.45) is 0.851. The predicted octanol–water partition coefficient (Wildman–Crippen LogP) is 3.20. The third kappa shape index (κ3) is 3.17. The van der Waals surface area contributed by atoms with Gasteiger partial charge in [-0.3, -0.25) is 0 Å². The number of hydrogen-bond donors (Lipinski definition) is 1. The minimum absolute atomic E-state index is 0.135. The molecule has 0 unspecified atom stereocenters. The van der Waals surface area contributed by atoms with Crippen LogP contribution in [0.15, 0.2) is 12.1 Å². The fourth-order valence-corrected chi connectivity index (χ4v) is 1.26. The number of halogens is 2. The Morgan fingerprint density at radius 3 is 2.62 bits per heavy atom. The molecule has 4 heteroatoms. The van der Waals surface area contributed by atoms with E-state index in [9.17, 15) is 13.9 Å². The molecule has 90 valence electrons. The minimum atomic E-state index is -1.000. The average Bonchev–Trinajstić information content (AvgIpc) is 2.24. The molecule has 0 heterocycles. The zero-order chi connectivity index (χ0) is 12.1. The summed E-state index contributed by atoms with van der Waals surface area (Å²) in [5.74, 6) is -2.13. The molecule has 0 aliphatic heterocycles. The monoisotopic (exact) mass is 230 g/mol. The number of benzene rings is 1. The van der Waals surface area contributed by atoms with Crippen molar-refractivity contribution in [3.8, 4) is 5.75 Å². The number of aliphatic hydroxyl groups is 1. The fourth-order valence-electron chi connectivity index (χ4n) is 1.26. The van der Waals surface area contributed by atoms with E-state index < -0.39 is 17.7 Å². The molecule has 1 atom stereocenters. The molecule has 0 amide bonds. The maximum atomic E-state index is 13.3. The molecule has 0 radical (unpaired) electrons. The summed E-state index contributed by atoms with van der Waals surface area (Å²) in [7, 11) is 0.